The lowest BCUT2D eigenvalue weighted by molar-refractivity contribution is 0.0664. The van der Waals surface area contributed by atoms with Gasteiger partial charge in [0.25, 0.3) is 0 Å². The first-order valence-electron chi connectivity index (χ1n) is 8.05. The molecule has 1 fully saturated rings. The Balaban J connectivity index is 1.45. The predicted octanol–water partition coefficient (Wildman–Crippen LogP) is 3.04. The molecule has 2 aliphatic rings. The number of aromatic nitrogens is 1. The van der Waals surface area contributed by atoms with Crippen molar-refractivity contribution < 1.29 is 4.74 Å². The van der Waals surface area contributed by atoms with Crippen molar-refractivity contribution in [3.63, 3.8) is 0 Å². The molecule has 0 amide bonds. The summed E-state index contributed by atoms with van der Waals surface area (Å²) in [6.07, 6.45) is 6.06. The molecule has 24 heavy (non-hydrogen) atoms. The summed E-state index contributed by atoms with van der Waals surface area (Å²) >= 11 is 3.47. The van der Waals surface area contributed by atoms with Crippen molar-refractivity contribution >= 4 is 39.2 Å². The van der Waals surface area contributed by atoms with E-state index in [-0.39, 0.29) is 0 Å². The zero-order valence-electron chi connectivity index (χ0n) is 13.6. The molecule has 1 saturated heterocycles. The van der Waals surface area contributed by atoms with E-state index < -0.39 is 0 Å². The van der Waals surface area contributed by atoms with Gasteiger partial charge in [0.15, 0.2) is 4.34 Å². The van der Waals surface area contributed by atoms with Crippen LogP contribution >= 0.6 is 23.1 Å². The highest BCUT2D eigenvalue weighted by Gasteiger charge is 2.18. The lowest BCUT2D eigenvalue weighted by Crippen LogP contribution is -2.45. The number of ether oxygens (including phenoxy) is 1. The summed E-state index contributed by atoms with van der Waals surface area (Å²) in [6, 6.07) is 6.58. The van der Waals surface area contributed by atoms with Crippen molar-refractivity contribution in [3.8, 4) is 0 Å². The number of hydrogen-bond acceptors (Lipinski definition) is 7. The van der Waals surface area contributed by atoms with Crippen molar-refractivity contribution in [2.75, 3.05) is 39.1 Å². The van der Waals surface area contributed by atoms with E-state index in [0.29, 0.717) is 0 Å². The van der Waals surface area contributed by atoms with Crippen LogP contribution in [0.15, 0.2) is 39.9 Å². The summed E-state index contributed by atoms with van der Waals surface area (Å²) in [7, 11) is 0. The molecule has 7 heteroatoms. The quantitative estimate of drug-likeness (QED) is 0.787. The number of amidine groups is 1. The summed E-state index contributed by atoms with van der Waals surface area (Å²) in [5.41, 5.74) is 2.41. The maximum Gasteiger partial charge on any atom is 0.150 e. The Morgan fingerprint density at radius 1 is 1.29 bits per heavy atom. The van der Waals surface area contributed by atoms with E-state index >= 15 is 0 Å². The summed E-state index contributed by atoms with van der Waals surface area (Å²) in [6.45, 7) is 5.20. The highest BCUT2D eigenvalue weighted by molar-refractivity contribution is 8.00. The fraction of sp³-hybridized carbons (Fsp3) is 0.412. The molecule has 5 nitrogen and oxygen atoms in total. The van der Waals surface area contributed by atoms with Gasteiger partial charge in [0.2, 0.25) is 0 Å². The average molecular weight is 361 g/mol. The van der Waals surface area contributed by atoms with E-state index in [1.807, 2.05) is 6.20 Å². The van der Waals surface area contributed by atoms with Gasteiger partial charge in [-0.1, -0.05) is 17.8 Å². The molecule has 1 aromatic carbocycles. The van der Waals surface area contributed by atoms with Crippen LogP contribution in [-0.4, -0.2) is 59.7 Å². The second kappa shape index (κ2) is 7.13. The first kappa shape index (κ1) is 15.9. The Morgan fingerprint density at radius 2 is 2.17 bits per heavy atom. The molecule has 3 heterocycles. The lowest BCUT2D eigenvalue weighted by atomic mass is 10.2. The Morgan fingerprint density at radius 3 is 3.00 bits per heavy atom. The van der Waals surface area contributed by atoms with Crippen LogP contribution in [0.4, 0.5) is 0 Å². The van der Waals surface area contributed by atoms with Gasteiger partial charge < -0.3 is 14.5 Å². The third-order valence-electron chi connectivity index (χ3n) is 4.22. The zero-order chi connectivity index (χ0) is 16.4. The van der Waals surface area contributed by atoms with Crippen LogP contribution in [0.2, 0.25) is 0 Å². The number of thiazole rings is 1. The maximum absolute atomic E-state index is 5.43. The molecule has 0 bridgehead atoms. The molecular weight excluding hydrogens is 340 g/mol. The van der Waals surface area contributed by atoms with Crippen LogP contribution in [0.5, 0.6) is 0 Å². The molecule has 1 aromatic heterocycles. The number of rotatable bonds is 3. The molecule has 2 aliphatic heterocycles. The summed E-state index contributed by atoms with van der Waals surface area (Å²) < 4.78 is 7.82. The minimum absolute atomic E-state index is 0.794. The third kappa shape index (κ3) is 3.43. The fourth-order valence-electron chi connectivity index (χ4n) is 2.97. The fourth-order valence-corrected chi connectivity index (χ4v) is 4.52. The van der Waals surface area contributed by atoms with E-state index in [4.69, 9.17) is 4.74 Å². The smallest absolute Gasteiger partial charge is 0.150 e. The van der Waals surface area contributed by atoms with Crippen molar-refractivity contribution in [3.05, 3.63) is 36.2 Å². The van der Waals surface area contributed by atoms with Crippen LogP contribution in [0.25, 0.3) is 10.2 Å². The molecule has 0 spiro atoms. The second-order valence-corrected chi connectivity index (χ2v) is 7.92. The van der Waals surface area contributed by atoms with Crippen molar-refractivity contribution in [2.45, 2.75) is 10.9 Å². The maximum atomic E-state index is 5.43. The summed E-state index contributed by atoms with van der Waals surface area (Å²) in [5.74, 6) is 1.14. The number of hydrogen-bond donors (Lipinski definition) is 0. The van der Waals surface area contributed by atoms with Gasteiger partial charge in [-0.2, -0.15) is 0 Å². The predicted molar refractivity (Wildman–Crippen MR) is 101 cm³/mol. The second-order valence-electron chi connectivity index (χ2n) is 5.83. The van der Waals surface area contributed by atoms with Gasteiger partial charge in [0.05, 0.1) is 30.0 Å². The van der Waals surface area contributed by atoms with Gasteiger partial charge in [-0.3, -0.25) is 0 Å². The highest BCUT2D eigenvalue weighted by Crippen LogP contribution is 2.29. The van der Waals surface area contributed by atoms with E-state index in [9.17, 15) is 0 Å². The molecule has 0 saturated carbocycles. The van der Waals surface area contributed by atoms with Gasteiger partial charge in [-0.25, -0.2) is 9.98 Å². The molecule has 0 N–H and O–H groups in total. The van der Waals surface area contributed by atoms with Crippen molar-refractivity contribution in [1.29, 1.82) is 0 Å². The van der Waals surface area contributed by atoms with E-state index in [2.05, 4.69) is 50.4 Å². The number of thioether (sulfide) groups is 1. The first-order chi connectivity index (χ1) is 11.8. The minimum Gasteiger partial charge on any atom is -0.378 e. The Hall–Kier alpha value is -1.57. The summed E-state index contributed by atoms with van der Waals surface area (Å²) in [4.78, 5) is 13.8. The van der Waals surface area contributed by atoms with Gasteiger partial charge >= 0.3 is 0 Å². The van der Waals surface area contributed by atoms with Crippen LogP contribution < -0.4 is 0 Å². The number of benzene rings is 1. The molecular formula is C17H20N4OS2. The normalized spacial score (nSPS) is 18.3. The van der Waals surface area contributed by atoms with Crippen molar-refractivity contribution in [1.82, 2.24) is 14.8 Å². The number of aliphatic imine (C=N–C) groups is 1. The van der Waals surface area contributed by atoms with Gasteiger partial charge in [0, 0.05) is 32.0 Å². The Bertz CT molecular complexity index is 780. The third-order valence-corrected chi connectivity index (χ3v) is 6.22. The molecule has 4 rings (SSSR count). The number of morpholine rings is 1. The number of nitrogens with zero attached hydrogens (tertiary/aromatic N) is 4. The standard InChI is InChI=1S/C17H20N4OS2/c1-23-17-19-14-3-2-13(10-15(14)24-17)11-20-5-4-18-16(12-20)21-6-8-22-9-7-21/h2-5,10H,6-9,11-12H2,1H3. The SMILES string of the molecule is CSc1nc2ccc(CN3C=CN=C(N4CCOCC4)C3)cc2s1. The zero-order valence-corrected chi connectivity index (χ0v) is 15.3. The molecule has 126 valence electrons. The van der Waals surface area contributed by atoms with E-state index in [0.717, 1.165) is 55.1 Å². The van der Waals surface area contributed by atoms with Crippen LogP contribution in [0.1, 0.15) is 5.56 Å². The van der Waals surface area contributed by atoms with Crippen molar-refractivity contribution in [2.24, 2.45) is 4.99 Å². The van der Waals surface area contributed by atoms with Crippen LogP contribution in [0.3, 0.4) is 0 Å². The average Bonchev–Trinajstić information content (AvgIpc) is 3.05. The van der Waals surface area contributed by atoms with Gasteiger partial charge in [-0.15, -0.1) is 11.3 Å². The lowest BCUT2D eigenvalue weighted by Gasteiger charge is -2.33. The van der Waals surface area contributed by atoms with Crippen LogP contribution in [-0.2, 0) is 11.3 Å². The topological polar surface area (TPSA) is 41.0 Å². The van der Waals surface area contributed by atoms with Gasteiger partial charge in [-0.05, 0) is 24.0 Å². The highest BCUT2D eigenvalue weighted by atomic mass is 32.2. The van der Waals surface area contributed by atoms with E-state index in [1.165, 1.54) is 10.3 Å². The molecule has 2 aromatic rings. The molecule has 0 unspecified atom stereocenters. The molecule has 0 atom stereocenters. The molecule has 0 aliphatic carbocycles. The van der Waals surface area contributed by atoms with Crippen LogP contribution in [0, 0.1) is 0 Å². The summed E-state index contributed by atoms with van der Waals surface area (Å²) in [5, 5.41) is 0. The number of fused-ring (bicyclic) bond motifs is 1. The van der Waals surface area contributed by atoms with E-state index in [1.54, 1.807) is 23.1 Å². The Kier molecular flexibility index (Phi) is 4.73. The monoisotopic (exact) mass is 360 g/mol. The molecule has 0 radical (unpaired) electrons. The Labute approximate surface area is 150 Å². The largest absolute Gasteiger partial charge is 0.378 e. The first-order valence-corrected chi connectivity index (χ1v) is 10.1. The van der Waals surface area contributed by atoms with Gasteiger partial charge in [0.1, 0.15) is 5.84 Å². The minimum atomic E-state index is 0.794.